The number of carboxylic acids is 1. The van der Waals surface area contributed by atoms with Gasteiger partial charge in [0.15, 0.2) is 0 Å². The highest BCUT2D eigenvalue weighted by molar-refractivity contribution is 5.71. The molecule has 1 heterocycles. The summed E-state index contributed by atoms with van der Waals surface area (Å²) < 4.78 is 0. The first-order chi connectivity index (χ1) is 8.59. The topological polar surface area (TPSA) is 53.4 Å². The van der Waals surface area contributed by atoms with Crippen LogP contribution in [0.1, 0.15) is 37.2 Å². The largest absolute Gasteiger partial charge is 0.481 e. The summed E-state index contributed by atoms with van der Waals surface area (Å²) in [4.78, 5) is 17.6. The van der Waals surface area contributed by atoms with Gasteiger partial charge in [-0.05, 0) is 30.4 Å². The van der Waals surface area contributed by atoms with Crippen molar-refractivity contribution in [2.45, 2.75) is 31.6 Å². The minimum Gasteiger partial charge on any atom is -0.481 e. The molecule has 2 atom stereocenters. The zero-order valence-electron chi connectivity index (χ0n) is 11.0. The van der Waals surface area contributed by atoms with Crippen LogP contribution in [0.3, 0.4) is 0 Å². The van der Waals surface area contributed by atoms with Gasteiger partial charge in [0, 0.05) is 20.3 Å². The van der Waals surface area contributed by atoms with E-state index in [-0.39, 0.29) is 11.8 Å². The van der Waals surface area contributed by atoms with Crippen LogP contribution in [0.5, 0.6) is 0 Å². The molecular weight excluding hydrogens is 228 g/mol. The number of carbonyl (C=O) groups is 1. The van der Waals surface area contributed by atoms with Crippen LogP contribution in [0.15, 0.2) is 18.3 Å². The van der Waals surface area contributed by atoms with E-state index in [1.54, 1.807) is 0 Å². The van der Waals surface area contributed by atoms with Gasteiger partial charge in [-0.25, -0.2) is 4.98 Å². The molecule has 0 aromatic carbocycles. The molecule has 0 spiro atoms. The first kappa shape index (κ1) is 12.9. The molecule has 4 heteroatoms. The average molecular weight is 248 g/mol. The molecule has 0 aliphatic heterocycles. The Morgan fingerprint density at radius 2 is 2.06 bits per heavy atom. The maximum absolute atomic E-state index is 11.3. The fourth-order valence-electron chi connectivity index (χ4n) is 2.71. The molecule has 1 aromatic heterocycles. The number of hydrogen-bond acceptors (Lipinski definition) is 3. The molecule has 1 aromatic rings. The summed E-state index contributed by atoms with van der Waals surface area (Å²) in [6, 6.07) is 3.98. The molecule has 98 valence electrons. The Bertz CT molecular complexity index is 414. The van der Waals surface area contributed by atoms with Crippen LogP contribution in [0, 0.1) is 5.92 Å². The van der Waals surface area contributed by atoms with Crippen LogP contribution in [-0.2, 0) is 4.79 Å². The second kappa shape index (κ2) is 5.38. The lowest BCUT2D eigenvalue weighted by Gasteiger charge is -2.28. The first-order valence-electron chi connectivity index (χ1n) is 6.45. The number of rotatable bonds is 3. The lowest BCUT2D eigenvalue weighted by atomic mass is 9.76. The van der Waals surface area contributed by atoms with Crippen molar-refractivity contribution in [1.82, 2.24) is 4.98 Å². The number of aromatic nitrogens is 1. The summed E-state index contributed by atoms with van der Waals surface area (Å²) in [5.74, 6) is 0.114. The molecule has 1 aliphatic carbocycles. The van der Waals surface area contributed by atoms with Gasteiger partial charge in [0.2, 0.25) is 0 Å². The molecule has 1 fully saturated rings. The maximum atomic E-state index is 11.3. The zero-order valence-corrected chi connectivity index (χ0v) is 11.0. The Hall–Kier alpha value is -1.58. The summed E-state index contributed by atoms with van der Waals surface area (Å²) in [6.45, 7) is 0. The minimum atomic E-state index is -0.670. The van der Waals surface area contributed by atoms with Crippen molar-refractivity contribution >= 4 is 11.8 Å². The van der Waals surface area contributed by atoms with Gasteiger partial charge in [-0.15, -0.1) is 0 Å². The normalized spacial score (nSPS) is 23.7. The number of aliphatic carboxylic acids is 1. The van der Waals surface area contributed by atoms with Crippen molar-refractivity contribution in [3.63, 3.8) is 0 Å². The highest BCUT2D eigenvalue weighted by Gasteiger charge is 2.31. The lowest BCUT2D eigenvalue weighted by Crippen LogP contribution is -2.25. The Morgan fingerprint density at radius 3 is 2.61 bits per heavy atom. The van der Waals surface area contributed by atoms with E-state index in [2.05, 4.69) is 4.98 Å². The number of nitrogens with zero attached hydrogens (tertiary/aromatic N) is 2. The number of pyridine rings is 1. The quantitative estimate of drug-likeness (QED) is 0.893. The van der Waals surface area contributed by atoms with E-state index >= 15 is 0 Å². The Morgan fingerprint density at radius 1 is 1.33 bits per heavy atom. The third-order valence-electron chi connectivity index (χ3n) is 3.74. The zero-order chi connectivity index (χ0) is 13.1. The summed E-state index contributed by atoms with van der Waals surface area (Å²) in [7, 11) is 3.89. The smallest absolute Gasteiger partial charge is 0.307 e. The van der Waals surface area contributed by atoms with Crippen LogP contribution >= 0.6 is 0 Å². The van der Waals surface area contributed by atoms with E-state index in [0.717, 1.165) is 37.1 Å². The van der Waals surface area contributed by atoms with E-state index in [4.69, 9.17) is 0 Å². The second-order valence-electron chi connectivity index (χ2n) is 5.18. The standard InChI is InChI=1S/C14H20N2O2/c1-16(2)13-8-7-10(9-15-13)11-5-3-4-6-12(11)14(17)18/h7-9,11-12H,3-6H2,1-2H3,(H,17,18). The van der Waals surface area contributed by atoms with E-state index in [1.165, 1.54) is 0 Å². The molecule has 0 radical (unpaired) electrons. The van der Waals surface area contributed by atoms with Crippen molar-refractivity contribution in [2.75, 3.05) is 19.0 Å². The van der Waals surface area contributed by atoms with Crippen molar-refractivity contribution in [3.8, 4) is 0 Å². The third kappa shape index (κ3) is 2.63. The molecule has 0 amide bonds. The summed E-state index contributed by atoms with van der Waals surface area (Å²) in [6.07, 6.45) is 5.72. The number of hydrogen-bond donors (Lipinski definition) is 1. The van der Waals surface area contributed by atoms with Crippen molar-refractivity contribution in [2.24, 2.45) is 5.92 Å². The molecule has 0 bridgehead atoms. The third-order valence-corrected chi connectivity index (χ3v) is 3.74. The number of anilines is 1. The number of carboxylic acid groups (broad SMARTS) is 1. The van der Waals surface area contributed by atoms with Gasteiger partial charge in [0.25, 0.3) is 0 Å². The molecule has 1 N–H and O–H groups in total. The molecule has 1 saturated carbocycles. The molecule has 0 saturated heterocycles. The molecule has 2 rings (SSSR count). The van der Waals surface area contributed by atoms with Crippen LogP contribution in [0.2, 0.25) is 0 Å². The van der Waals surface area contributed by atoms with Gasteiger partial charge in [0.05, 0.1) is 5.92 Å². The molecular formula is C14H20N2O2. The van der Waals surface area contributed by atoms with Gasteiger partial charge < -0.3 is 10.0 Å². The maximum Gasteiger partial charge on any atom is 0.307 e. The van der Waals surface area contributed by atoms with Gasteiger partial charge in [0.1, 0.15) is 5.82 Å². The predicted molar refractivity (Wildman–Crippen MR) is 70.9 cm³/mol. The van der Waals surface area contributed by atoms with Crippen molar-refractivity contribution in [3.05, 3.63) is 23.9 Å². The minimum absolute atomic E-state index is 0.125. The monoisotopic (exact) mass is 248 g/mol. The Kier molecular flexibility index (Phi) is 3.84. The molecule has 1 aliphatic rings. The predicted octanol–water partition coefficient (Wildman–Crippen LogP) is 2.51. The van der Waals surface area contributed by atoms with E-state index < -0.39 is 5.97 Å². The van der Waals surface area contributed by atoms with E-state index in [9.17, 15) is 9.90 Å². The highest BCUT2D eigenvalue weighted by atomic mass is 16.4. The Labute approximate surface area is 108 Å². The molecule has 4 nitrogen and oxygen atoms in total. The van der Waals surface area contributed by atoms with Crippen LogP contribution in [-0.4, -0.2) is 30.2 Å². The molecule has 2 unspecified atom stereocenters. The van der Waals surface area contributed by atoms with Crippen molar-refractivity contribution in [1.29, 1.82) is 0 Å². The van der Waals surface area contributed by atoms with Crippen LogP contribution in [0.4, 0.5) is 5.82 Å². The van der Waals surface area contributed by atoms with Crippen LogP contribution < -0.4 is 4.90 Å². The average Bonchev–Trinajstić information content (AvgIpc) is 2.39. The van der Waals surface area contributed by atoms with E-state index in [0.29, 0.717) is 0 Å². The van der Waals surface area contributed by atoms with Gasteiger partial charge in [-0.1, -0.05) is 18.9 Å². The summed E-state index contributed by atoms with van der Waals surface area (Å²) in [5.41, 5.74) is 1.06. The first-order valence-corrected chi connectivity index (χ1v) is 6.45. The summed E-state index contributed by atoms with van der Waals surface area (Å²) in [5, 5.41) is 9.28. The van der Waals surface area contributed by atoms with Gasteiger partial charge in [-0.3, -0.25) is 4.79 Å². The van der Waals surface area contributed by atoms with Gasteiger partial charge in [-0.2, -0.15) is 0 Å². The fourth-order valence-corrected chi connectivity index (χ4v) is 2.71. The SMILES string of the molecule is CN(C)c1ccc(C2CCCCC2C(=O)O)cn1. The van der Waals surface area contributed by atoms with Gasteiger partial charge >= 0.3 is 5.97 Å². The van der Waals surface area contributed by atoms with Crippen LogP contribution in [0.25, 0.3) is 0 Å². The van der Waals surface area contributed by atoms with Crippen molar-refractivity contribution < 1.29 is 9.90 Å². The fraction of sp³-hybridized carbons (Fsp3) is 0.571. The Balaban J connectivity index is 2.20. The highest BCUT2D eigenvalue weighted by Crippen LogP contribution is 2.37. The second-order valence-corrected chi connectivity index (χ2v) is 5.18. The summed E-state index contributed by atoms with van der Waals surface area (Å²) >= 11 is 0. The van der Waals surface area contributed by atoms with E-state index in [1.807, 2.05) is 37.3 Å². The molecule has 18 heavy (non-hydrogen) atoms. The lowest BCUT2D eigenvalue weighted by molar-refractivity contribution is -0.143.